The molecule has 0 amide bonds. The first-order valence-corrected chi connectivity index (χ1v) is 6.99. The second-order valence-electron chi connectivity index (χ2n) is 4.74. The van der Waals surface area contributed by atoms with E-state index in [4.69, 9.17) is 4.74 Å². The van der Waals surface area contributed by atoms with E-state index in [-0.39, 0.29) is 0 Å². The summed E-state index contributed by atoms with van der Waals surface area (Å²) in [6.45, 7) is 11.1. The molecule has 0 fully saturated rings. The first-order valence-electron chi connectivity index (χ1n) is 6.99. The summed E-state index contributed by atoms with van der Waals surface area (Å²) in [5, 5.41) is 3.42. The second kappa shape index (κ2) is 8.09. The molecule has 0 bridgehead atoms. The number of ether oxygens (including phenoxy) is 1. The molecule has 1 aromatic rings. The van der Waals surface area contributed by atoms with Crippen molar-refractivity contribution in [3.05, 3.63) is 22.9 Å². The van der Waals surface area contributed by atoms with Gasteiger partial charge in [-0.05, 0) is 44.9 Å². The Morgan fingerprint density at radius 2 is 2.00 bits per heavy atom. The Labute approximate surface area is 111 Å². The van der Waals surface area contributed by atoms with E-state index < -0.39 is 0 Å². The van der Waals surface area contributed by atoms with Gasteiger partial charge in [-0.15, -0.1) is 0 Å². The Morgan fingerprint density at radius 1 is 1.22 bits per heavy atom. The molecule has 1 heterocycles. The zero-order chi connectivity index (χ0) is 13.4. The van der Waals surface area contributed by atoms with E-state index in [2.05, 4.69) is 37.1 Å². The molecule has 0 atom stereocenters. The lowest BCUT2D eigenvalue weighted by Gasteiger charge is -2.14. The summed E-state index contributed by atoms with van der Waals surface area (Å²) >= 11 is 0. The third-order valence-electron chi connectivity index (χ3n) is 2.90. The van der Waals surface area contributed by atoms with Gasteiger partial charge in [0.1, 0.15) is 0 Å². The van der Waals surface area contributed by atoms with Crippen LogP contribution in [0.3, 0.4) is 0 Å². The van der Waals surface area contributed by atoms with Crippen LogP contribution in [-0.2, 0) is 6.54 Å². The molecule has 3 nitrogen and oxygen atoms in total. The number of rotatable bonds is 8. The van der Waals surface area contributed by atoms with E-state index in [9.17, 15) is 0 Å². The van der Waals surface area contributed by atoms with Crippen molar-refractivity contribution in [3.8, 4) is 5.88 Å². The van der Waals surface area contributed by atoms with Crippen LogP contribution < -0.4 is 10.1 Å². The molecule has 0 aliphatic heterocycles. The van der Waals surface area contributed by atoms with Gasteiger partial charge in [-0.25, -0.2) is 4.98 Å². The maximum atomic E-state index is 5.82. The number of pyridine rings is 1. The Hall–Kier alpha value is -1.09. The smallest absolute Gasteiger partial charge is 0.218 e. The molecule has 1 N–H and O–H groups in total. The number of nitrogens with zero attached hydrogens (tertiary/aromatic N) is 1. The van der Waals surface area contributed by atoms with Crippen molar-refractivity contribution in [1.82, 2.24) is 10.3 Å². The van der Waals surface area contributed by atoms with Crippen molar-refractivity contribution in [2.75, 3.05) is 13.2 Å². The summed E-state index contributed by atoms with van der Waals surface area (Å²) in [5.74, 6) is 0.810. The molecule has 0 aliphatic carbocycles. The van der Waals surface area contributed by atoms with Crippen molar-refractivity contribution in [3.63, 3.8) is 0 Å². The Balaban J connectivity index is 2.76. The molecule has 0 saturated carbocycles. The number of unbranched alkanes of at least 4 members (excludes halogenated alkanes) is 1. The molecule has 1 rings (SSSR count). The maximum Gasteiger partial charge on any atom is 0.218 e. The van der Waals surface area contributed by atoms with Crippen LogP contribution in [0.2, 0.25) is 0 Å². The summed E-state index contributed by atoms with van der Waals surface area (Å²) in [5.41, 5.74) is 3.49. The molecule has 0 radical (unpaired) electrons. The Morgan fingerprint density at radius 3 is 2.67 bits per heavy atom. The summed E-state index contributed by atoms with van der Waals surface area (Å²) in [7, 11) is 0. The quantitative estimate of drug-likeness (QED) is 0.718. The monoisotopic (exact) mass is 250 g/mol. The molecule has 0 saturated heterocycles. The highest BCUT2D eigenvalue weighted by molar-refractivity contribution is 5.35. The third kappa shape index (κ3) is 4.65. The van der Waals surface area contributed by atoms with Crippen LogP contribution in [0.25, 0.3) is 0 Å². The first-order chi connectivity index (χ1) is 8.69. The van der Waals surface area contributed by atoms with Crippen molar-refractivity contribution in [1.29, 1.82) is 0 Å². The minimum Gasteiger partial charge on any atom is -0.477 e. The summed E-state index contributed by atoms with van der Waals surface area (Å²) in [6.07, 6.45) is 3.37. The topological polar surface area (TPSA) is 34.1 Å². The molecule has 3 heteroatoms. The van der Waals surface area contributed by atoms with E-state index in [1.807, 2.05) is 6.92 Å². The zero-order valence-electron chi connectivity index (χ0n) is 12.2. The van der Waals surface area contributed by atoms with Gasteiger partial charge in [0.15, 0.2) is 0 Å². The largest absolute Gasteiger partial charge is 0.477 e. The standard InChI is InChI=1S/C15H26N2O/c1-5-7-9-18-15-14(11-16-8-6-2)12(3)10-13(4)17-15/h10,16H,5-9,11H2,1-4H3. The average molecular weight is 250 g/mol. The van der Waals surface area contributed by atoms with Crippen LogP contribution in [0.4, 0.5) is 0 Å². The lowest BCUT2D eigenvalue weighted by Crippen LogP contribution is -2.16. The normalized spacial score (nSPS) is 10.7. The first kappa shape index (κ1) is 15.0. The summed E-state index contributed by atoms with van der Waals surface area (Å²) in [4.78, 5) is 4.52. The van der Waals surface area contributed by atoms with Gasteiger partial charge in [-0.1, -0.05) is 20.3 Å². The predicted molar refractivity (Wildman–Crippen MR) is 76.1 cm³/mol. The number of aromatic nitrogens is 1. The molecule has 102 valence electrons. The van der Waals surface area contributed by atoms with Crippen molar-refractivity contribution >= 4 is 0 Å². The van der Waals surface area contributed by atoms with Crippen LogP contribution in [0, 0.1) is 13.8 Å². The lowest BCUT2D eigenvalue weighted by molar-refractivity contribution is 0.293. The third-order valence-corrected chi connectivity index (χ3v) is 2.90. The highest BCUT2D eigenvalue weighted by atomic mass is 16.5. The van der Waals surface area contributed by atoms with E-state index >= 15 is 0 Å². The highest BCUT2D eigenvalue weighted by Gasteiger charge is 2.09. The van der Waals surface area contributed by atoms with Crippen LogP contribution >= 0.6 is 0 Å². The second-order valence-corrected chi connectivity index (χ2v) is 4.74. The van der Waals surface area contributed by atoms with Crippen molar-refractivity contribution in [2.45, 2.75) is 53.5 Å². The maximum absolute atomic E-state index is 5.82. The fourth-order valence-corrected chi connectivity index (χ4v) is 1.87. The summed E-state index contributed by atoms with van der Waals surface area (Å²) in [6, 6.07) is 2.12. The van der Waals surface area contributed by atoms with Gasteiger partial charge in [0, 0.05) is 17.8 Å². The average Bonchev–Trinajstić information content (AvgIpc) is 2.32. The van der Waals surface area contributed by atoms with E-state index in [1.165, 1.54) is 11.1 Å². The number of nitrogens with one attached hydrogen (secondary N) is 1. The molecule has 0 unspecified atom stereocenters. The van der Waals surface area contributed by atoms with Gasteiger partial charge in [0.2, 0.25) is 5.88 Å². The van der Waals surface area contributed by atoms with Gasteiger partial charge in [0.25, 0.3) is 0 Å². The number of aryl methyl sites for hydroxylation is 2. The predicted octanol–water partition coefficient (Wildman–Crippen LogP) is 3.38. The van der Waals surface area contributed by atoms with Crippen LogP contribution in [0.5, 0.6) is 5.88 Å². The molecular weight excluding hydrogens is 224 g/mol. The molecule has 1 aromatic heterocycles. The summed E-state index contributed by atoms with van der Waals surface area (Å²) < 4.78 is 5.82. The van der Waals surface area contributed by atoms with Gasteiger partial charge in [-0.2, -0.15) is 0 Å². The SMILES string of the molecule is CCCCOc1nc(C)cc(C)c1CNCCC. The van der Waals surface area contributed by atoms with E-state index in [1.54, 1.807) is 0 Å². The van der Waals surface area contributed by atoms with Crippen LogP contribution in [0.1, 0.15) is 49.9 Å². The minimum atomic E-state index is 0.757. The Bertz CT molecular complexity index is 364. The van der Waals surface area contributed by atoms with Gasteiger partial charge in [-0.3, -0.25) is 0 Å². The molecule has 0 spiro atoms. The van der Waals surface area contributed by atoms with Gasteiger partial charge < -0.3 is 10.1 Å². The van der Waals surface area contributed by atoms with Crippen LogP contribution in [0.15, 0.2) is 6.07 Å². The van der Waals surface area contributed by atoms with Gasteiger partial charge in [0.05, 0.1) is 6.61 Å². The fraction of sp³-hybridized carbons (Fsp3) is 0.667. The minimum absolute atomic E-state index is 0.757. The lowest BCUT2D eigenvalue weighted by atomic mass is 10.1. The van der Waals surface area contributed by atoms with Gasteiger partial charge >= 0.3 is 0 Å². The zero-order valence-corrected chi connectivity index (χ0v) is 12.2. The molecule has 0 aromatic carbocycles. The van der Waals surface area contributed by atoms with E-state index in [0.29, 0.717) is 0 Å². The highest BCUT2D eigenvalue weighted by Crippen LogP contribution is 2.21. The van der Waals surface area contributed by atoms with Crippen LogP contribution in [-0.4, -0.2) is 18.1 Å². The molecular formula is C15H26N2O. The number of hydrogen-bond donors (Lipinski definition) is 1. The molecule has 18 heavy (non-hydrogen) atoms. The van der Waals surface area contributed by atoms with E-state index in [0.717, 1.165) is 50.5 Å². The Kier molecular flexibility index (Phi) is 6.73. The van der Waals surface area contributed by atoms with Crippen molar-refractivity contribution < 1.29 is 4.74 Å². The molecule has 0 aliphatic rings. The fourth-order valence-electron chi connectivity index (χ4n) is 1.87. The number of hydrogen-bond acceptors (Lipinski definition) is 3. The van der Waals surface area contributed by atoms with Crippen molar-refractivity contribution in [2.24, 2.45) is 0 Å².